The first kappa shape index (κ1) is 28.2. The van der Waals surface area contributed by atoms with Crippen molar-refractivity contribution >= 4 is 52.4 Å². The number of benzene rings is 1. The number of rotatable bonds is 4. The summed E-state index contributed by atoms with van der Waals surface area (Å²) in [6.07, 6.45) is -2.97. The standard InChI is InChI=1S/C25H25Cl2F3N6O4/c26-16-3-4-19(17(14-16)25(28,29)30)32-23(38)39-36-8-5-24(6-9-36)15-20(33-40-24)22(37)35-12-10-34(11-13-35)21-18(27)2-1-7-31-21/h1-4,7,14H,5-6,8-13,15H2,(H,32,38). The molecule has 0 saturated carbocycles. The van der Waals surface area contributed by atoms with Crippen molar-refractivity contribution in [2.24, 2.45) is 5.16 Å². The molecule has 1 aromatic heterocycles. The number of nitrogens with zero attached hydrogens (tertiary/aromatic N) is 5. The predicted octanol–water partition coefficient (Wildman–Crippen LogP) is 4.83. The molecule has 0 aliphatic carbocycles. The SMILES string of the molecule is O=C(Nc1ccc(Cl)cc1C(F)(F)F)ON1CCC2(CC1)CC(C(=O)N1CCN(c3ncccc3Cl)CC1)=NO2. The number of halogens is 5. The van der Waals surface area contributed by atoms with Gasteiger partial charge in [0, 0.05) is 69.8 Å². The Kier molecular flexibility index (Phi) is 7.98. The number of piperidine rings is 1. The van der Waals surface area contributed by atoms with Gasteiger partial charge < -0.3 is 19.5 Å². The summed E-state index contributed by atoms with van der Waals surface area (Å²) in [5, 5.41) is 8.00. The summed E-state index contributed by atoms with van der Waals surface area (Å²) >= 11 is 11.9. The van der Waals surface area contributed by atoms with Gasteiger partial charge in [0.15, 0.2) is 0 Å². The number of amides is 2. The monoisotopic (exact) mass is 600 g/mol. The number of pyridine rings is 1. The largest absolute Gasteiger partial charge is 0.430 e. The van der Waals surface area contributed by atoms with Gasteiger partial charge in [0.25, 0.3) is 5.91 Å². The van der Waals surface area contributed by atoms with Crippen LogP contribution in [0.2, 0.25) is 10.0 Å². The van der Waals surface area contributed by atoms with E-state index < -0.39 is 29.1 Å². The van der Waals surface area contributed by atoms with Crippen molar-refractivity contribution in [3.63, 3.8) is 0 Å². The van der Waals surface area contributed by atoms with Crippen molar-refractivity contribution in [2.75, 3.05) is 49.5 Å². The number of carbonyl (C=O) groups excluding carboxylic acids is 2. The number of piperazine rings is 1. The summed E-state index contributed by atoms with van der Waals surface area (Å²) < 4.78 is 39.9. The molecule has 4 heterocycles. The van der Waals surface area contributed by atoms with Gasteiger partial charge in [0.1, 0.15) is 17.1 Å². The van der Waals surface area contributed by atoms with Crippen molar-refractivity contribution in [3.8, 4) is 0 Å². The van der Waals surface area contributed by atoms with Crippen molar-refractivity contribution in [2.45, 2.75) is 31.0 Å². The first-order valence-electron chi connectivity index (χ1n) is 12.5. The molecule has 1 spiro atoms. The van der Waals surface area contributed by atoms with E-state index in [2.05, 4.69) is 15.5 Å². The number of hydrogen-bond acceptors (Lipinski definition) is 8. The topological polar surface area (TPSA) is 99.6 Å². The van der Waals surface area contributed by atoms with Gasteiger partial charge >= 0.3 is 12.3 Å². The van der Waals surface area contributed by atoms with Crippen LogP contribution in [0, 0.1) is 0 Å². The lowest BCUT2D eigenvalue weighted by Gasteiger charge is -2.36. The second-order valence-electron chi connectivity index (χ2n) is 9.70. The number of aromatic nitrogens is 1. The second-order valence-corrected chi connectivity index (χ2v) is 10.5. The van der Waals surface area contributed by atoms with E-state index in [1.54, 1.807) is 23.2 Å². The molecular formula is C25H25Cl2F3N6O4. The lowest BCUT2D eigenvalue weighted by molar-refractivity contribution is -0.154. The number of alkyl halides is 3. The minimum Gasteiger partial charge on any atom is -0.388 e. The number of anilines is 2. The van der Waals surface area contributed by atoms with E-state index in [9.17, 15) is 22.8 Å². The van der Waals surface area contributed by atoms with Crippen LogP contribution in [0.4, 0.5) is 29.5 Å². The van der Waals surface area contributed by atoms with E-state index in [0.29, 0.717) is 62.0 Å². The normalized spacial score (nSPS) is 19.3. The zero-order valence-electron chi connectivity index (χ0n) is 21.1. The van der Waals surface area contributed by atoms with Crippen LogP contribution in [0.25, 0.3) is 0 Å². The quantitative estimate of drug-likeness (QED) is 0.536. The minimum atomic E-state index is -4.71. The average Bonchev–Trinajstić information content (AvgIpc) is 3.34. The van der Waals surface area contributed by atoms with Crippen molar-refractivity contribution in [1.29, 1.82) is 0 Å². The van der Waals surface area contributed by atoms with Crippen LogP contribution in [0.1, 0.15) is 24.8 Å². The molecule has 10 nitrogen and oxygen atoms in total. The van der Waals surface area contributed by atoms with Gasteiger partial charge in [-0.2, -0.15) is 13.2 Å². The van der Waals surface area contributed by atoms with Gasteiger partial charge in [-0.15, -0.1) is 5.06 Å². The number of carbonyl (C=O) groups is 2. The van der Waals surface area contributed by atoms with Crippen molar-refractivity contribution in [3.05, 3.63) is 52.1 Å². The highest BCUT2D eigenvalue weighted by molar-refractivity contribution is 6.39. The third-order valence-electron chi connectivity index (χ3n) is 7.06. The zero-order chi connectivity index (χ0) is 28.5. The Morgan fingerprint density at radius 2 is 1.77 bits per heavy atom. The number of hydrogen-bond donors (Lipinski definition) is 1. The molecule has 3 aliphatic heterocycles. The molecule has 40 heavy (non-hydrogen) atoms. The molecule has 1 aromatic carbocycles. The van der Waals surface area contributed by atoms with Crippen LogP contribution in [0.15, 0.2) is 41.7 Å². The maximum Gasteiger partial charge on any atom is 0.430 e. The second kappa shape index (κ2) is 11.3. The van der Waals surface area contributed by atoms with Gasteiger partial charge in [-0.25, -0.2) is 9.78 Å². The molecule has 0 unspecified atom stereocenters. The molecule has 214 valence electrons. The first-order valence-corrected chi connectivity index (χ1v) is 13.3. The Balaban J connectivity index is 1.09. The summed E-state index contributed by atoms with van der Waals surface area (Å²) in [6, 6.07) is 6.57. The molecule has 1 N–H and O–H groups in total. The lowest BCUT2D eigenvalue weighted by atomic mass is 9.87. The van der Waals surface area contributed by atoms with Gasteiger partial charge in [-0.05, 0) is 30.3 Å². The molecule has 15 heteroatoms. The fourth-order valence-electron chi connectivity index (χ4n) is 4.91. The van der Waals surface area contributed by atoms with Crippen LogP contribution in [-0.4, -0.2) is 77.5 Å². The van der Waals surface area contributed by atoms with Gasteiger partial charge in [-0.3, -0.25) is 10.1 Å². The molecule has 5 rings (SSSR count). The maximum atomic E-state index is 13.3. The minimum absolute atomic E-state index is 0.110. The van der Waals surface area contributed by atoms with E-state index in [1.807, 2.05) is 4.90 Å². The van der Waals surface area contributed by atoms with E-state index >= 15 is 0 Å². The highest BCUT2D eigenvalue weighted by atomic mass is 35.5. The van der Waals surface area contributed by atoms with E-state index in [1.165, 1.54) is 11.1 Å². The smallest absolute Gasteiger partial charge is 0.388 e. The van der Waals surface area contributed by atoms with Crippen LogP contribution in [0.5, 0.6) is 0 Å². The molecule has 0 bridgehead atoms. The van der Waals surface area contributed by atoms with Crippen LogP contribution >= 0.6 is 23.2 Å². The molecule has 3 aliphatic rings. The molecule has 2 saturated heterocycles. The Labute approximate surface area is 237 Å². The van der Waals surface area contributed by atoms with E-state index in [-0.39, 0.29) is 24.0 Å². The summed E-state index contributed by atoms with van der Waals surface area (Å²) in [4.78, 5) is 44.4. The molecule has 2 amide bonds. The lowest BCUT2D eigenvalue weighted by Crippen LogP contribution is -2.51. The van der Waals surface area contributed by atoms with Gasteiger partial charge in [0.05, 0.1) is 16.3 Å². The number of oxime groups is 1. The molecule has 2 fully saturated rings. The Morgan fingerprint density at radius 1 is 1.05 bits per heavy atom. The summed E-state index contributed by atoms with van der Waals surface area (Å²) in [6.45, 7) is 2.63. The van der Waals surface area contributed by atoms with Gasteiger partial charge in [-0.1, -0.05) is 28.4 Å². The molecule has 0 radical (unpaired) electrons. The number of hydroxylamine groups is 2. The highest BCUT2D eigenvalue weighted by Crippen LogP contribution is 2.37. The van der Waals surface area contributed by atoms with Crippen LogP contribution in [0.3, 0.4) is 0 Å². The van der Waals surface area contributed by atoms with Crippen molar-refractivity contribution in [1.82, 2.24) is 14.9 Å². The van der Waals surface area contributed by atoms with Crippen molar-refractivity contribution < 1.29 is 32.4 Å². The Bertz CT molecular complexity index is 1310. The first-order chi connectivity index (χ1) is 19.0. The van der Waals surface area contributed by atoms with Crippen LogP contribution in [-0.2, 0) is 20.6 Å². The van der Waals surface area contributed by atoms with Crippen LogP contribution < -0.4 is 10.2 Å². The fourth-order valence-corrected chi connectivity index (χ4v) is 5.33. The summed E-state index contributed by atoms with van der Waals surface area (Å²) in [5.41, 5.74) is -1.91. The third kappa shape index (κ3) is 6.21. The number of nitrogens with one attached hydrogen (secondary N) is 1. The molecular weight excluding hydrogens is 576 g/mol. The molecule has 0 atom stereocenters. The molecule has 2 aromatic rings. The average molecular weight is 601 g/mol. The predicted molar refractivity (Wildman–Crippen MR) is 141 cm³/mol. The van der Waals surface area contributed by atoms with E-state index in [4.69, 9.17) is 32.9 Å². The Hall–Kier alpha value is -3.29. The highest BCUT2D eigenvalue weighted by Gasteiger charge is 2.45. The third-order valence-corrected chi connectivity index (χ3v) is 7.59. The van der Waals surface area contributed by atoms with Gasteiger partial charge in [0.2, 0.25) is 0 Å². The summed E-state index contributed by atoms with van der Waals surface area (Å²) in [7, 11) is 0. The zero-order valence-corrected chi connectivity index (χ0v) is 22.6. The maximum absolute atomic E-state index is 13.3. The fraction of sp³-hybridized carbons (Fsp3) is 0.440. The summed E-state index contributed by atoms with van der Waals surface area (Å²) in [5.74, 6) is 0.499. The van der Waals surface area contributed by atoms with E-state index in [0.717, 1.165) is 12.1 Å². The Morgan fingerprint density at radius 3 is 2.45 bits per heavy atom.